The number of Topliss-reactive ketones (excluding diaryl/α,β-unsaturated/α-hetero) is 2. The van der Waals surface area contributed by atoms with Crippen molar-refractivity contribution in [1.82, 2.24) is 9.78 Å². The summed E-state index contributed by atoms with van der Waals surface area (Å²) in [5.41, 5.74) is 7.61. The number of ketones is 2. The minimum Gasteiger partial charge on any atom is -0.395 e. The third-order valence-electron chi connectivity index (χ3n) is 4.62. The van der Waals surface area contributed by atoms with Crippen LogP contribution in [0, 0.1) is 13.8 Å². The smallest absolute Gasteiger partial charge is 0.296 e. The molecule has 0 amide bonds. The molecular formula is C19H21N3O5S. The SMILES string of the molecule is CC1=C(N)C(=O)c2c(C)nn(CCCOS(=O)(=O)c3ccc(C)cc3)c2C1=O. The Hall–Kier alpha value is -2.78. The first-order valence-electron chi connectivity index (χ1n) is 8.72. The van der Waals surface area contributed by atoms with Gasteiger partial charge in [0.15, 0.2) is 0 Å². The summed E-state index contributed by atoms with van der Waals surface area (Å²) in [6.45, 7) is 5.14. The van der Waals surface area contributed by atoms with Crippen LogP contribution in [0.5, 0.6) is 0 Å². The average molecular weight is 403 g/mol. The van der Waals surface area contributed by atoms with E-state index in [1.807, 2.05) is 6.92 Å². The Bertz CT molecular complexity index is 1100. The van der Waals surface area contributed by atoms with E-state index in [2.05, 4.69) is 5.10 Å². The molecule has 1 aliphatic rings. The number of fused-ring (bicyclic) bond motifs is 1. The number of hydrogen-bond acceptors (Lipinski definition) is 7. The highest BCUT2D eigenvalue weighted by molar-refractivity contribution is 7.86. The fourth-order valence-corrected chi connectivity index (χ4v) is 3.95. The fourth-order valence-electron chi connectivity index (χ4n) is 3.01. The maximum Gasteiger partial charge on any atom is 0.296 e. The number of nitrogens with zero attached hydrogens (tertiary/aromatic N) is 2. The normalized spacial score (nSPS) is 14.5. The highest BCUT2D eigenvalue weighted by atomic mass is 32.2. The average Bonchev–Trinajstić information content (AvgIpc) is 2.98. The molecule has 3 rings (SSSR count). The number of rotatable bonds is 6. The fraction of sp³-hybridized carbons (Fsp3) is 0.316. The molecule has 1 aliphatic carbocycles. The van der Waals surface area contributed by atoms with Gasteiger partial charge in [-0.05, 0) is 39.3 Å². The molecule has 0 spiro atoms. The molecule has 1 heterocycles. The van der Waals surface area contributed by atoms with Crippen molar-refractivity contribution in [2.24, 2.45) is 5.73 Å². The second kappa shape index (κ2) is 7.33. The van der Waals surface area contributed by atoms with E-state index in [9.17, 15) is 18.0 Å². The lowest BCUT2D eigenvalue weighted by molar-refractivity contribution is 0.0966. The van der Waals surface area contributed by atoms with Crippen molar-refractivity contribution in [3.63, 3.8) is 0 Å². The maximum absolute atomic E-state index is 12.5. The van der Waals surface area contributed by atoms with E-state index in [1.165, 1.54) is 23.7 Å². The standard InChI is InChI=1S/C19H21N3O5S/c1-11-5-7-14(8-6-11)28(25,26)27-10-4-9-22-17-15(13(3)21-22)19(24)16(20)12(2)18(17)23/h5-8H,4,9-10,20H2,1-3H3. The highest BCUT2D eigenvalue weighted by Crippen LogP contribution is 2.26. The molecule has 0 unspecified atom stereocenters. The van der Waals surface area contributed by atoms with Gasteiger partial charge in [-0.1, -0.05) is 17.7 Å². The zero-order valence-corrected chi connectivity index (χ0v) is 16.7. The van der Waals surface area contributed by atoms with Crippen LogP contribution in [0.1, 0.15) is 45.4 Å². The summed E-state index contributed by atoms with van der Waals surface area (Å²) >= 11 is 0. The molecule has 9 heteroatoms. The van der Waals surface area contributed by atoms with E-state index in [-0.39, 0.29) is 46.4 Å². The predicted octanol–water partition coefficient (Wildman–Crippen LogP) is 1.91. The third kappa shape index (κ3) is 3.50. The second-order valence-corrected chi connectivity index (χ2v) is 8.29. The third-order valence-corrected chi connectivity index (χ3v) is 5.95. The van der Waals surface area contributed by atoms with Gasteiger partial charge in [-0.2, -0.15) is 13.5 Å². The summed E-state index contributed by atoms with van der Waals surface area (Å²) in [5, 5.41) is 4.25. The molecule has 1 aromatic carbocycles. The van der Waals surface area contributed by atoms with Gasteiger partial charge < -0.3 is 5.73 Å². The van der Waals surface area contributed by atoms with Crippen molar-refractivity contribution in [2.75, 3.05) is 6.61 Å². The van der Waals surface area contributed by atoms with E-state index < -0.39 is 15.9 Å². The van der Waals surface area contributed by atoms with E-state index in [0.717, 1.165) is 5.56 Å². The Morgan fingerprint density at radius 2 is 1.71 bits per heavy atom. The van der Waals surface area contributed by atoms with E-state index in [4.69, 9.17) is 9.92 Å². The second-order valence-electron chi connectivity index (χ2n) is 6.67. The minimum absolute atomic E-state index is 0.0623. The first kappa shape index (κ1) is 20.0. The van der Waals surface area contributed by atoms with Crippen LogP contribution in [0.25, 0.3) is 0 Å². The van der Waals surface area contributed by atoms with Gasteiger partial charge in [0.2, 0.25) is 11.6 Å². The number of hydrogen-bond donors (Lipinski definition) is 1. The van der Waals surface area contributed by atoms with Gasteiger partial charge in [0.05, 0.1) is 28.5 Å². The first-order chi connectivity index (χ1) is 13.1. The summed E-state index contributed by atoms with van der Waals surface area (Å²) in [6, 6.07) is 6.36. The number of benzene rings is 1. The van der Waals surface area contributed by atoms with Crippen LogP contribution >= 0.6 is 0 Å². The molecule has 148 valence electrons. The number of carbonyl (C=O) groups excluding carboxylic acids is 2. The predicted molar refractivity (Wildman–Crippen MR) is 101 cm³/mol. The Kier molecular flexibility index (Phi) is 5.22. The van der Waals surface area contributed by atoms with Crippen molar-refractivity contribution in [3.05, 3.63) is 58.1 Å². The molecule has 2 aromatic rings. The zero-order valence-electron chi connectivity index (χ0n) is 15.9. The number of aryl methyl sites for hydroxylation is 3. The van der Waals surface area contributed by atoms with Crippen molar-refractivity contribution in [2.45, 2.75) is 38.6 Å². The number of carbonyl (C=O) groups is 2. The molecule has 0 atom stereocenters. The summed E-state index contributed by atoms with van der Waals surface area (Å²) in [4.78, 5) is 25.0. The van der Waals surface area contributed by atoms with Gasteiger partial charge in [0, 0.05) is 12.1 Å². The van der Waals surface area contributed by atoms with Gasteiger partial charge in [-0.3, -0.25) is 18.5 Å². The van der Waals surface area contributed by atoms with Gasteiger partial charge >= 0.3 is 0 Å². The molecule has 0 radical (unpaired) electrons. The molecule has 1 aromatic heterocycles. The number of nitrogens with two attached hydrogens (primary N) is 1. The monoisotopic (exact) mass is 403 g/mol. The summed E-state index contributed by atoms with van der Waals surface area (Å²) in [7, 11) is -3.85. The van der Waals surface area contributed by atoms with Crippen LogP contribution in [0.2, 0.25) is 0 Å². The molecule has 0 saturated carbocycles. The highest BCUT2D eigenvalue weighted by Gasteiger charge is 2.34. The molecule has 0 fully saturated rings. The molecule has 2 N–H and O–H groups in total. The van der Waals surface area contributed by atoms with E-state index in [0.29, 0.717) is 12.1 Å². The van der Waals surface area contributed by atoms with Crippen molar-refractivity contribution < 1.29 is 22.2 Å². The van der Waals surface area contributed by atoms with Crippen LogP contribution in [0.15, 0.2) is 40.4 Å². The van der Waals surface area contributed by atoms with Gasteiger partial charge in [-0.25, -0.2) is 0 Å². The van der Waals surface area contributed by atoms with Crippen molar-refractivity contribution in [3.8, 4) is 0 Å². The Balaban J connectivity index is 1.70. The minimum atomic E-state index is -3.85. The molecule has 28 heavy (non-hydrogen) atoms. The van der Waals surface area contributed by atoms with Gasteiger partial charge in [0.25, 0.3) is 10.1 Å². The van der Waals surface area contributed by atoms with Crippen LogP contribution in [-0.2, 0) is 20.8 Å². The Morgan fingerprint density at radius 3 is 2.36 bits per heavy atom. The first-order valence-corrected chi connectivity index (χ1v) is 10.1. The molecule has 0 aliphatic heterocycles. The maximum atomic E-state index is 12.5. The topological polar surface area (TPSA) is 121 Å². The lowest BCUT2D eigenvalue weighted by atomic mass is 9.92. The van der Waals surface area contributed by atoms with Crippen molar-refractivity contribution >= 4 is 21.7 Å². The lowest BCUT2D eigenvalue weighted by Gasteiger charge is -2.15. The molecule has 0 bridgehead atoms. The number of allylic oxidation sites excluding steroid dienone is 2. The summed E-state index contributed by atoms with van der Waals surface area (Å²) in [6.07, 6.45) is 0.290. The molecule has 0 saturated heterocycles. The van der Waals surface area contributed by atoms with Crippen LogP contribution < -0.4 is 5.73 Å². The van der Waals surface area contributed by atoms with Crippen LogP contribution in [-0.4, -0.2) is 36.4 Å². The van der Waals surface area contributed by atoms with Crippen molar-refractivity contribution in [1.29, 1.82) is 0 Å². The van der Waals surface area contributed by atoms with Crippen LogP contribution in [0.4, 0.5) is 0 Å². The summed E-state index contributed by atoms with van der Waals surface area (Å²) in [5.74, 6) is -0.755. The molecular weight excluding hydrogens is 382 g/mol. The Labute approximate surface area is 163 Å². The number of aromatic nitrogens is 2. The quantitative estimate of drug-likeness (QED) is 0.577. The summed E-state index contributed by atoms with van der Waals surface area (Å²) < 4.78 is 30.9. The Morgan fingerprint density at radius 1 is 1.07 bits per heavy atom. The van der Waals surface area contributed by atoms with E-state index >= 15 is 0 Å². The van der Waals surface area contributed by atoms with E-state index in [1.54, 1.807) is 19.1 Å². The van der Waals surface area contributed by atoms with Gasteiger partial charge in [0.1, 0.15) is 5.69 Å². The zero-order chi connectivity index (χ0) is 20.6. The van der Waals surface area contributed by atoms with Crippen LogP contribution in [0.3, 0.4) is 0 Å². The largest absolute Gasteiger partial charge is 0.395 e. The molecule has 8 nitrogen and oxygen atoms in total. The van der Waals surface area contributed by atoms with Gasteiger partial charge in [-0.15, -0.1) is 0 Å². The lowest BCUT2D eigenvalue weighted by Crippen LogP contribution is -2.27.